The van der Waals surface area contributed by atoms with Gasteiger partial charge in [-0.3, -0.25) is 4.98 Å². The number of hydrogen-bond acceptors (Lipinski definition) is 2. The molecule has 0 saturated carbocycles. The lowest BCUT2D eigenvalue weighted by atomic mass is 10.1. The Labute approximate surface area is 119 Å². The zero-order chi connectivity index (χ0) is 14.8. The van der Waals surface area contributed by atoms with Gasteiger partial charge in [-0.1, -0.05) is 12.1 Å². The third-order valence-electron chi connectivity index (χ3n) is 2.73. The monoisotopic (exact) mass is 301 g/mol. The van der Waals surface area contributed by atoms with Crippen LogP contribution in [0.5, 0.6) is 5.75 Å². The normalized spacial score (nSPS) is 11.4. The Balaban J connectivity index is 2.41. The molecule has 0 aliphatic heterocycles. The van der Waals surface area contributed by atoms with Gasteiger partial charge in [0.05, 0.1) is 29.9 Å². The summed E-state index contributed by atoms with van der Waals surface area (Å²) in [5, 5.41) is 0. The van der Waals surface area contributed by atoms with Gasteiger partial charge in [0.1, 0.15) is 5.75 Å². The fraction of sp³-hybridized carbons (Fsp3) is 0.214. The fourth-order valence-electron chi connectivity index (χ4n) is 1.72. The molecule has 0 aliphatic carbocycles. The molecule has 0 aliphatic rings. The van der Waals surface area contributed by atoms with E-state index in [2.05, 4.69) is 4.98 Å². The van der Waals surface area contributed by atoms with Crippen LogP contribution in [0, 0.1) is 0 Å². The van der Waals surface area contributed by atoms with Crippen LogP contribution in [-0.2, 0) is 12.1 Å². The van der Waals surface area contributed by atoms with Gasteiger partial charge in [0.2, 0.25) is 0 Å². The number of pyridine rings is 1. The summed E-state index contributed by atoms with van der Waals surface area (Å²) in [7, 11) is 1.50. The highest BCUT2D eigenvalue weighted by Crippen LogP contribution is 2.31. The largest absolute Gasteiger partial charge is 0.497 e. The molecule has 0 radical (unpaired) electrons. The van der Waals surface area contributed by atoms with Crippen molar-refractivity contribution in [1.82, 2.24) is 4.98 Å². The molecule has 0 N–H and O–H groups in total. The molecule has 2 aromatic rings. The summed E-state index contributed by atoms with van der Waals surface area (Å²) in [5.74, 6) is 0.760. The van der Waals surface area contributed by atoms with Crippen molar-refractivity contribution in [1.29, 1.82) is 0 Å². The van der Waals surface area contributed by atoms with E-state index in [0.717, 1.165) is 12.1 Å². The maximum absolute atomic E-state index is 12.5. The van der Waals surface area contributed by atoms with Gasteiger partial charge in [0.25, 0.3) is 0 Å². The highest BCUT2D eigenvalue weighted by molar-refractivity contribution is 6.16. The van der Waals surface area contributed by atoms with Crippen molar-refractivity contribution in [2.45, 2.75) is 12.1 Å². The van der Waals surface area contributed by atoms with Crippen LogP contribution in [0.1, 0.15) is 11.3 Å². The Kier molecular flexibility index (Phi) is 4.18. The van der Waals surface area contributed by atoms with E-state index in [1.54, 1.807) is 12.1 Å². The number of alkyl halides is 4. The fourth-order valence-corrected chi connectivity index (χ4v) is 1.86. The molecule has 0 fully saturated rings. The topological polar surface area (TPSA) is 22.1 Å². The van der Waals surface area contributed by atoms with Gasteiger partial charge in [0, 0.05) is 17.7 Å². The first-order valence-electron chi connectivity index (χ1n) is 5.72. The minimum Gasteiger partial charge on any atom is -0.497 e. The molecular weight excluding hydrogens is 291 g/mol. The molecule has 0 saturated heterocycles. The highest BCUT2D eigenvalue weighted by atomic mass is 35.5. The molecule has 2 nitrogen and oxygen atoms in total. The molecule has 0 spiro atoms. The number of ether oxygens (including phenoxy) is 1. The zero-order valence-corrected chi connectivity index (χ0v) is 11.3. The molecule has 2 rings (SSSR count). The number of aromatic nitrogens is 1. The average molecular weight is 302 g/mol. The Morgan fingerprint density at radius 1 is 1.15 bits per heavy atom. The molecular formula is C14H11ClF3NO. The third-order valence-corrected chi connectivity index (χ3v) is 3.01. The van der Waals surface area contributed by atoms with Crippen LogP contribution in [0.2, 0.25) is 0 Å². The van der Waals surface area contributed by atoms with Gasteiger partial charge in [0.15, 0.2) is 0 Å². The second-order valence-electron chi connectivity index (χ2n) is 4.09. The molecule has 0 atom stereocenters. The Morgan fingerprint density at radius 2 is 1.80 bits per heavy atom. The lowest BCUT2D eigenvalue weighted by Gasteiger charge is -2.09. The third kappa shape index (κ3) is 3.22. The van der Waals surface area contributed by atoms with Crippen molar-refractivity contribution < 1.29 is 17.9 Å². The molecule has 1 aromatic carbocycles. The Morgan fingerprint density at radius 3 is 2.30 bits per heavy atom. The van der Waals surface area contributed by atoms with Crippen LogP contribution in [-0.4, -0.2) is 12.1 Å². The SMILES string of the molecule is COc1cc(CCl)nc(-c2ccc(C(F)(F)F)cc2)c1. The summed E-state index contributed by atoms with van der Waals surface area (Å²) in [6.45, 7) is 0. The van der Waals surface area contributed by atoms with Crippen LogP contribution < -0.4 is 4.74 Å². The number of methoxy groups -OCH3 is 1. The number of nitrogens with zero attached hydrogens (tertiary/aromatic N) is 1. The van der Waals surface area contributed by atoms with Crippen LogP contribution in [0.3, 0.4) is 0 Å². The van der Waals surface area contributed by atoms with E-state index in [9.17, 15) is 13.2 Å². The molecule has 0 unspecified atom stereocenters. The van der Waals surface area contributed by atoms with Gasteiger partial charge >= 0.3 is 6.18 Å². The van der Waals surface area contributed by atoms with Crippen LogP contribution >= 0.6 is 11.6 Å². The second kappa shape index (κ2) is 5.71. The van der Waals surface area contributed by atoms with Gasteiger partial charge in [-0.05, 0) is 12.1 Å². The summed E-state index contributed by atoms with van der Waals surface area (Å²) in [6.07, 6.45) is -4.35. The molecule has 0 bridgehead atoms. The van der Waals surface area contributed by atoms with E-state index in [1.807, 2.05) is 0 Å². The van der Waals surface area contributed by atoms with Crippen molar-refractivity contribution in [3.05, 3.63) is 47.7 Å². The predicted molar refractivity (Wildman–Crippen MR) is 70.8 cm³/mol. The van der Waals surface area contributed by atoms with Gasteiger partial charge in [-0.15, -0.1) is 11.6 Å². The van der Waals surface area contributed by atoms with Crippen LogP contribution in [0.4, 0.5) is 13.2 Å². The number of halogens is 4. The lowest BCUT2D eigenvalue weighted by Crippen LogP contribution is -2.04. The van der Waals surface area contributed by atoms with Crippen LogP contribution in [0.25, 0.3) is 11.3 Å². The van der Waals surface area contributed by atoms with Gasteiger partial charge in [-0.25, -0.2) is 0 Å². The maximum Gasteiger partial charge on any atom is 0.416 e. The Hall–Kier alpha value is -1.75. The maximum atomic E-state index is 12.5. The molecule has 6 heteroatoms. The lowest BCUT2D eigenvalue weighted by molar-refractivity contribution is -0.137. The van der Waals surface area contributed by atoms with E-state index in [1.165, 1.54) is 19.2 Å². The van der Waals surface area contributed by atoms with E-state index in [4.69, 9.17) is 16.3 Å². The van der Waals surface area contributed by atoms with Crippen LogP contribution in [0.15, 0.2) is 36.4 Å². The summed E-state index contributed by atoms with van der Waals surface area (Å²) in [5.41, 5.74) is 1.000. The van der Waals surface area contributed by atoms with Crippen molar-refractivity contribution in [3.8, 4) is 17.0 Å². The first-order valence-corrected chi connectivity index (χ1v) is 6.26. The van der Waals surface area contributed by atoms with Crippen molar-refractivity contribution in [2.75, 3.05) is 7.11 Å². The smallest absolute Gasteiger partial charge is 0.416 e. The molecule has 106 valence electrons. The zero-order valence-electron chi connectivity index (χ0n) is 10.5. The number of hydrogen-bond donors (Lipinski definition) is 0. The average Bonchev–Trinajstić information content (AvgIpc) is 2.46. The Bertz CT molecular complexity index is 574. The second-order valence-corrected chi connectivity index (χ2v) is 4.36. The summed E-state index contributed by atoms with van der Waals surface area (Å²) in [6, 6.07) is 8.14. The molecule has 1 heterocycles. The minimum atomic E-state index is -4.35. The van der Waals surface area contributed by atoms with E-state index in [-0.39, 0.29) is 5.88 Å². The van der Waals surface area contributed by atoms with Gasteiger partial charge < -0.3 is 4.74 Å². The van der Waals surface area contributed by atoms with Crippen molar-refractivity contribution >= 4 is 11.6 Å². The predicted octanol–water partition coefficient (Wildman–Crippen LogP) is 4.51. The minimum absolute atomic E-state index is 0.199. The highest BCUT2D eigenvalue weighted by Gasteiger charge is 2.30. The number of benzene rings is 1. The molecule has 1 aromatic heterocycles. The summed E-state index contributed by atoms with van der Waals surface area (Å²) < 4.78 is 42.6. The molecule has 0 amide bonds. The molecule has 20 heavy (non-hydrogen) atoms. The van der Waals surface area contributed by atoms with E-state index < -0.39 is 11.7 Å². The first kappa shape index (κ1) is 14.7. The van der Waals surface area contributed by atoms with E-state index >= 15 is 0 Å². The first-order chi connectivity index (χ1) is 9.44. The summed E-state index contributed by atoms with van der Waals surface area (Å²) in [4.78, 5) is 4.27. The van der Waals surface area contributed by atoms with Gasteiger partial charge in [-0.2, -0.15) is 13.2 Å². The van der Waals surface area contributed by atoms with Crippen molar-refractivity contribution in [2.24, 2.45) is 0 Å². The number of rotatable bonds is 3. The van der Waals surface area contributed by atoms with Crippen molar-refractivity contribution in [3.63, 3.8) is 0 Å². The standard InChI is InChI=1S/C14H11ClF3NO/c1-20-12-6-11(8-15)19-13(7-12)9-2-4-10(5-3-9)14(16,17)18/h2-7H,8H2,1H3. The van der Waals surface area contributed by atoms with E-state index in [0.29, 0.717) is 22.7 Å². The summed E-state index contributed by atoms with van der Waals surface area (Å²) >= 11 is 5.73. The quantitative estimate of drug-likeness (QED) is 0.778.